The second kappa shape index (κ2) is 29.3. The number of methoxy groups -OCH3 is 3. The molecule has 69 heavy (non-hydrogen) atoms. The fourth-order valence-corrected chi connectivity index (χ4v) is 10.1. The average molecular weight is 1030 g/mol. The molecular weight excluding hydrogens is 953 g/mol. The standard InChI is InChI=1S/C51H79NO13.CHCl3/c1-30-16-12-11-13-17-31(2)42(61-8)28-38-21-19-36(7)51(60,65-38)48(57)49(58)52-23-15-14-18-39(52)50(59)64-43(33(4)26-37-20-22-40(53)44(27-37)62-9)29-41(54)32(3)25-35(6)46(56)47(63-10)45(55)34(5)24-30;2-1(3)4/h11-13,16-17,25,30,32-34,36-40,42-44,46-47,53,56,60H,14-15,18-24,26-29H2,1-10H3;1H/b13-11+,16-12+,31-17+,35-25+;/t30-,32-,33-,34-,36-,37+,38+,39+,40-,42+,43+,44-,46-,47+,51-;/m1./s1. The van der Waals surface area contributed by atoms with Gasteiger partial charge in [-0.25, -0.2) is 4.79 Å². The van der Waals surface area contributed by atoms with Crippen LogP contribution in [0, 0.1) is 35.5 Å². The minimum absolute atomic E-state index is 0.0193. The summed E-state index contributed by atoms with van der Waals surface area (Å²) >= 11 is 14.4. The quantitative estimate of drug-likeness (QED) is 0.0999. The Balaban J connectivity index is 0.00000303. The highest BCUT2D eigenvalue weighted by molar-refractivity contribution is 6.63. The summed E-state index contributed by atoms with van der Waals surface area (Å²) in [7, 11) is 4.52. The van der Waals surface area contributed by atoms with Gasteiger partial charge in [-0.15, -0.1) is 0 Å². The number of ether oxygens (including phenoxy) is 5. The molecule has 3 fully saturated rings. The van der Waals surface area contributed by atoms with Crippen molar-refractivity contribution in [3.8, 4) is 0 Å². The minimum atomic E-state index is -2.43. The molecule has 392 valence electrons. The van der Waals surface area contributed by atoms with Gasteiger partial charge in [-0.1, -0.05) is 106 Å². The molecule has 0 aromatic rings. The van der Waals surface area contributed by atoms with Crippen LogP contribution in [-0.4, -0.2) is 136 Å². The smallest absolute Gasteiger partial charge is 0.329 e. The van der Waals surface area contributed by atoms with Gasteiger partial charge in [0.2, 0.25) is 5.79 Å². The predicted octanol–water partition coefficient (Wildman–Crippen LogP) is 8.17. The molecule has 1 saturated carbocycles. The van der Waals surface area contributed by atoms with Gasteiger partial charge in [0.05, 0.1) is 24.4 Å². The fourth-order valence-electron chi connectivity index (χ4n) is 10.1. The number of fused-ring (bicyclic) bond motifs is 3. The summed E-state index contributed by atoms with van der Waals surface area (Å²) in [6, 6.07) is -1.14. The molecule has 1 aliphatic carbocycles. The summed E-state index contributed by atoms with van der Waals surface area (Å²) < 4.78 is 28.6. The molecular formula is C52H80Cl3NO13. The number of amides is 1. The summed E-state index contributed by atoms with van der Waals surface area (Å²) in [4.78, 5) is 71.8. The number of esters is 1. The third kappa shape index (κ3) is 17.9. The van der Waals surface area contributed by atoms with E-state index in [0.29, 0.717) is 63.4 Å². The summed E-state index contributed by atoms with van der Waals surface area (Å²) in [6.07, 6.45) is 11.2. The van der Waals surface area contributed by atoms with Crippen molar-refractivity contribution in [2.75, 3.05) is 27.9 Å². The van der Waals surface area contributed by atoms with Crippen LogP contribution < -0.4 is 0 Å². The molecule has 0 spiro atoms. The number of hydrogen-bond acceptors (Lipinski definition) is 13. The van der Waals surface area contributed by atoms with Crippen LogP contribution in [0.25, 0.3) is 0 Å². The number of aliphatic hydroxyl groups is 3. The Kier molecular flexibility index (Phi) is 25.8. The maximum atomic E-state index is 14.4. The van der Waals surface area contributed by atoms with Gasteiger partial charge in [0.25, 0.3) is 11.7 Å². The number of cyclic esters (lactones) is 1. The molecule has 0 unspecified atom stereocenters. The zero-order chi connectivity index (χ0) is 51.7. The van der Waals surface area contributed by atoms with Crippen LogP contribution in [0.1, 0.15) is 126 Å². The number of carbonyl (C=O) groups is 5. The zero-order valence-electron chi connectivity index (χ0n) is 42.3. The first-order chi connectivity index (χ1) is 32.5. The van der Waals surface area contributed by atoms with Gasteiger partial charge in [0.1, 0.15) is 30.1 Å². The molecule has 2 saturated heterocycles. The number of piperidine rings is 1. The van der Waals surface area contributed by atoms with Gasteiger partial charge in [0.15, 0.2) is 10.1 Å². The molecule has 4 aliphatic rings. The molecule has 4 rings (SSSR count). The van der Waals surface area contributed by atoms with Crippen molar-refractivity contribution in [1.82, 2.24) is 4.90 Å². The molecule has 2 bridgehead atoms. The summed E-state index contributed by atoms with van der Waals surface area (Å²) in [5.41, 5.74) is 1.27. The number of alkyl halides is 3. The van der Waals surface area contributed by atoms with Gasteiger partial charge in [-0.05, 0) is 107 Å². The van der Waals surface area contributed by atoms with Crippen molar-refractivity contribution in [3.05, 3.63) is 47.6 Å². The van der Waals surface area contributed by atoms with Crippen LogP contribution in [0.5, 0.6) is 0 Å². The summed E-state index contributed by atoms with van der Waals surface area (Å²) in [6.45, 7) is 12.7. The average Bonchev–Trinajstić information content (AvgIpc) is 3.30. The van der Waals surface area contributed by atoms with Crippen LogP contribution in [0.3, 0.4) is 0 Å². The van der Waals surface area contributed by atoms with Crippen LogP contribution in [-0.2, 0) is 47.7 Å². The van der Waals surface area contributed by atoms with E-state index in [4.69, 9.17) is 58.5 Å². The Hall–Kier alpha value is -2.50. The van der Waals surface area contributed by atoms with Crippen LogP contribution in [0.15, 0.2) is 47.6 Å². The normalized spacial score (nSPS) is 38.6. The van der Waals surface area contributed by atoms with Crippen molar-refractivity contribution in [2.24, 2.45) is 35.5 Å². The van der Waals surface area contributed by atoms with E-state index in [1.54, 1.807) is 41.1 Å². The number of rotatable bonds is 6. The van der Waals surface area contributed by atoms with Gasteiger partial charge < -0.3 is 43.9 Å². The lowest BCUT2D eigenvalue weighted by molar-refractivity contribution is -0.265. The molecule has 3 aliphatic heterocycles. The number of allylic oxidation sites excluding steroid dienone is 6. The molecule has 3 heterocycles. The molecule has 14 nitrogen and oxygen atoms in total. The lowest BCUT2D eigenvalue weighted by Gasteiger charge is -2.42. The SMILES string of the molecule is CO[C@H]1C[C@@H]2CC[C@@H](C)[C@@](O)(O2)C(=O)C(=O)N2CCCC[C@H]2C(=O)O[C@H]([C@H](C)C[C@@H]2CC[C@@H](O)[C@H](OC)C2)CC(=O)[C@H](C)/C=C(\C)[C@@H](O)[C@@H](OC)C(=O)[C@H](C)C[C@H](C)/C=C/C=C/C=C/1C.ClC(Cl)Cl. The number of aliphatic hydroxyl groups excluding tert-OH is 2. The Morgan fingerprint density at radius 1 is 0.841 bits per heavy atom. The maximum Gasteiger partial charge on any atom is 0.329 e. The Morgan fingerprint density at radius 3 is 2.16 bits per heavy atom. The monoisotopic (exact) mass is 1030 g/mol. The van der Waals surface area contributed by atoms with E-state index >= 15 is 0 Å². The zero-order valence-corrected chi connectivity index (χ0v) is 44.6. The largest absolute Gasteiger partial charge is 0.460 e. The van der Waals surface area contributed by atoms with Crippen LogP contribution >= 0.6 is 34.8 Å². The van der Waals surface area contributed by atoms with Crippen LogP contribution in [0.2, 0.25) is 0 Å². The van der Waals surface area contributed by atoms with Gasteiger partial charge in [0, 0.05) is 58.5 Å². The highest BCUT2D eigenvalue weighted by Crippen LogP contribution is 2.38. The van der Waals surface area contributed by atoms with E-state index in [9.17, 15) is 39.3 Å². The second-order valence-electron chi connectivity index (χ2n) is 19.8. The van der Waals surface area contributed by atoms with Gasteiger partial charge in [-0.3, -0.25) is 19.2 Å². The highest BCUT2D eigenvalue weighted by atomic mass is 35.6. The number of carbonyl (C=O) groups excluding carboxylic acids is 5. The van der Waals surface area contributed by atoms with E-state index in [1.807, 2.05) is 58.1 Å². The van der Waals surface area contributed by atoms with E-state index in [2.05, 4.69) is 0 Å². The third-order valence-electron chi connectivity index (χ3n) is 14.5. The highest BCUT2D eigenvalue weighted by Gasteiger charge is 2.53. The number of hydrogen-bond donors (Lipinski definition) is 3. The maximum absolute atomic E-state index is 14.4. The molecule has 17 heteroatoms. The number of nitrogens with zero attached hydrogens (tertiary/aromatic N) is 1. The summed E-state index contributed by atoms with van der Waals surface area (Å²) in [5.74, 6) is -7.96. The van der Waals surface area contributed by atoms with E-state index < -0.39 is 88.2 Å². The molecule has 15 atom stereocenters. The molecule has 0 radical (unpaired) electrons. The first-order valence-corrected chi connectivity index (χ1v) is 25.9. The number of Topliss-reactive ketones (excluding diaryl/α,β-unsaturated/α-hetero) is 3. The van der Waals surface area contributed by atoms with Crippen molar-refractivity contribution in [2.45, 2.75) is 184 Å². The topological polar surface area (TPSA) is 195 Å². The van der Waals surface area contributed by atoms with E-state index in [1.165, 1.54) is 12.0 Å². The summed E-state index contributed by atoms with van der Waals surface area (Å²) in [5, 5.41) is 33.8. The Bertz CT molecular complexity index is 1820. The molecule has 0 aromatic heterocycles. The second-order valence-corrected chi connectivity index (χ2v) is 21.8. The first kappa shape index (κ1) is 60.8. The third-order valence-corrected chi connectivity index (χ3v) is 14.5. The van der Waals surface area contributed by atoms with Crippen molar-refractivity contribution in [1.29, 1.82) is 0 Å². The number of ketones is 3. The molecule has 0 aromatic carbocycles. The fraction of sp³-hybridized carbons (Fsp3) is 0.750. The van der Waals surface area contributed by atoms with Crippen LogP contribution in [0.4, 0.5) is 0 Å². The van der Waals surface area contributed by atoms with E-state index in [0.717, 1.165) is 12.0 Å². The minimum Gasteiger partial charge on any atom is -0.460 e. The molecule has 1 amide bonds. The number of halogens is 3. The first-order valence-electron chi connectivity index (χ1n) is 24.6. The Labute approximate surface area is 425 Å². The Morgan fingerprint density at radius 2 is 1.52 bits per heavy atom. The van der Waals surface area contributed by atoms with Gasteiger partial charge in [-0.2, -0.15) is 0 Å². The van der Waals surface area contributed by atoms with Crippen molar-refractivity contribution in [3.63, 3.8) is 0 Å². The molecule has 3 N–H and O–H groups in total. The van der Waals surface area contributed by atoms with E-state index in [-0.39, 0.29) is 54.8 Å². The van der Waals surface area contributed by atoms with Crippen molar-refractivity contribution < 1.29 is 63.0 Å². The van der Waals surface area contributed by atoms with Gasteiger partial charge >= 0.3 is 5.97 Å². The van der Waals surface area contributed by atoms with Crippen molar-refractivity contribution >= 4 is 64.0 Å². The predicted molar refractivity (Wildman–Crippen MR) is 266 cm³/mol. The lowest BCUT2D eigenvalue weighted by atomic mass is 9.78. The lowest BCUT2D eigenvalue weighted by Crippen LogP contribution is -2.61.